The average Bonchev–Trinajstić information content (AvgIpc) is 3.06. The van der Waals surface area contributed by atoms with Gasteiger partial charge in [0.2, 0.25) is 6.20 Å². The number of benzene rings is 1. The van der Waals surface area contributed by atoms with Crippen LogP contribution in [0.4, 0.5) is 18.9 Å². The van der Waals surface area contributed by atoms with Crippen LogP contribution in [0.3, 0.4) is 0 Å². The molecule has 2 aromatic heterocycles. The number of nitrogens with one attached hydrogen (secondary N) is 2. The Bertz CT molecular complexity index is 1140. The zero-order chi connectivity index (χ0) is 23.9. The normalized spacial score (nSPS) is 12.9. The van der Waals surface area contributed by atoms with E-state index in [2.05, 4.69) is 15.4 Å². The first kappa shape index (κ1) is 23.7. The molecule has 0 atom stereocenters. The van der Waals surface area contributed by atoms with Crippen LogP contribution >= 0.6 is 0 Å². The fourth-order valence-electron chi connectivity index (χ4n) is 3.20. The lowest BCUT2D eigenvalue weighted by atomic mass is 9.95. The van der Waals surface area contributed by atoms with Gasteiger partial charge in [0, 0.05) is 17.7 Å². The van der Waals surface area contributed by atoms with Gasteiger partial charge in [-0.05, 0) is 52.0 Å². The van der Waals surface area contributed by atoms with Crippen LogP contribution in [0.15, 0.2) is 36.5 Å². The standard InChI is InChI=1S/C22H25F3N4O3/c1-20(2,31)8-9-29-12-13-10-17(14(21(3,4)32)11-16(13)28-29)27-19(30)15-6-5-7-18(26-15)22(23,24)25/h5-7,10-12,31-32H,8-9H2,1-4H3,(H,27,30)/p+1. The second-order valence-corrected chi connectivity index (χ2v) is 8.90. The number of carbonyl (C=O) groups is 1. The van der Waals surface area contributed by atoms with Gasteiger partial charge in [-0.25, -0.2) is 4.98 Å². The van der Waals surface area contributed by atoms with Gasteiger partial charge in [0.15, 0.2) is 6.54 Å². The van der Waals surface area contributed by atoms with Crippen LogP contribution in [-0.4, -0.2) is 31.8 Å². The number of pyridine rings is 1. The van der Waals surface area contributed by atoms with Crippen LogP contribution in [0.25, 0.3) is 10.9 Å². The van der Waals surface area contributed by atoms with Crippen molar-refractivity contribution < 1.29 is 32.9 Å². The minimum absolute atomic E-state index is 0.253. The number of amides is 1. The second kappa shape index (κ2) is 8.18. The Morgan fingerprint density at radius 2 is 1.84 bits per heavy atom. The molecular weight excluding hydrogens is 425 g/mol. The number of nitrogens with zero attached hydrogens (tertiary/aromatic N) is 2. The van der Waals surface area contributed by atoms with Gasteiger partial charge in [0.1, 0.15) is 16.9 Å². The van der Waals surface area contributed by atoms with Crippen LogP contribution in [0.5, 0.6) is 0 Å². The fraction of sp³-hybridized carbons (Fsp3) is 0.409. The van der Waals surface area contributed by atoms with Crippen molar-refractivity contribution in [3.8, 4) is 0 Å². The molecule has 0 spiro atoms. The van der Waals surface area contributed by atoms with Crippen molar-refractivity contribution in [2.24, 2.45) is 0 Å². The lowest BCUT2D eigenvalue weighted by molar-refractivity contribution is -0.749. The Morgan fingerprint density at radius 3 is 2.44 bits per heavy atom. The highest BCUT2D eigenvalue weighted by Crippen LogP contribution is 2.32. The summed E-state index contributed by atoms with van der Waals surface area (Å²) in [5.74, 6) is -0.827. The first-order chi connectivity index (χ1) is 14.6. The molecule has 32 heavy (non-hydrogen) atoms. The topological polar surface area (TPSA) is 102 Å². The molecule has 0 bridgehead atoms. The largest absolute Gasteiger partial charge is 0.433 e. The SMILES string of the molecule is CC(C)(O)CC[n+]1cc2cc(NC(=O)c3cccc(C(F)(F)F)n3)c(C(C)(C)O)cc2[nH]1. The van der Waals surface area contributed by atoms with Crippen LogP contribution in [-0.2, 0) is 18.3 Å². The molecule has 0 saturated carbocycles. The molecule has 10 heteroatoms. The van der Waals surface area contributed by atoms with Gasteiger partial charge in [-0.1, -0.05) is 6.07 Å². The third-order valence-electron chi connectivity index (χ3n) is 4.89. The number of aromatic amines is 1. The Kier molecular flexibility index (Phi) is 6.05. The Balaban J connectivity index is 1.96. The summed E-state index contributed by atoms with van der Waals surface area (Å²) in [5.41, 5.74) is -2.43. The maximum atomic E-state index is 12.9. The number of aliphatic hydroxyl groups is 2. The van der Waals surface area contributed by atoms with E-state index in [4.69, 9.17) is 0 Å². The average molecular weight is 451 g/mol. The summed E-state index contributed by atoms with van der Waals surface area (Å²) in [6, 6.07) is 6.39. The van der Waals surface area contributed by atoms with Gasteiger partial charge in [-0.3, -0.25) is 4.79 Å². The van der Waals surface area contributed by atoms with Crippen molar-refractivity contribution in [2.45, 2.75) is 58.0 Å². The van der Waals surface area contributed by atoms with Gasteiger partial charge in [0.25, 0.3) is 5.91 Å². The van der Waals surface area contributed by atoms with Crippen LogP contribution < -0.4 is 10.00 Å². The minimum atomic E-state index is -4.67. The molecule has 1 aromatic carbocycles. The number of anilines is 1. The number of hydrogen-bond acceptors (Lipinski definition) is 4. The van der Waals surface area contributed by atoms with E-state index in [9.17, 15) is 28.2 Å². The predicted octanol–water partition coefficient (Wildman–Crippen LogP) is 3.51. The van der Waals surface area contributed by atoms with E-state index in [-0.39, 0.29) is 5.69 Å². The number of carbonyl (C=O) groups excluding carboxylic acids is 1. The lowest BCUT2D eigenvalue weighted by Gasteiger charge is -2.22. The quantitative estimate of drug-likeness (QED) is 0.431. The molecule has 172 valence electrons. The molecule has 0 unspecified atom stereocenters. The summed E-state index contributed by atoms with van der Waals surface area (Å²) in [4.78, 5) is 16.1. The van der Waals surface area contributed by atoms with Crippen molar-refractivity contribution in [2.75, 3.05) is 5.32 Å². The Labute approximate surface area is 182 Å². The summed E-state index contributed by atoms with van der Waals surface area (Å²) in [6.07, 6.45) is -2.39. The molecule has 3 aromatic rings. The molecule has 0 fully saturated rings. The van der Waals surface area contributed by atoms with Crippen molar-refractivity contribution in [1.29, 1.82) is 0 Å². The van der Waals surface area contributed by atoms with Crippen LogP contribution in [0.1, 0.15) is 55.9 Å². The molecule has 0 aliphatic carbocycles. The zero-order valence-electron chi connectivity index (χ0n) is 18.2. The molecule has 0 saturated heterocycles. The van der Waals surface area contributed by atoms with Crippen molar-refractivity contribution >= 4 is 22.5 Å². The molecule has 0 aliphatic heterocycles. The molecule has 0 aliphatic rings. The zero-order valence-corrected chi connectivity index (χ0v) is 18.2. The third-order valence-corrected chi connectivity index (χ3v) is 4.89. The summed E-state index contributed by atoms with van der Waals surface area (Å²) < 4.78 is 40.6. The molecule has 7 nitrogen and oxygen atoms in total. The second-order valence-electron chi connectivity index (χ2n) is 8.90. The fourth-order valence-corrected chi connectivity index (χ4v) is 3.20. The van der Waals surface area contributed by atoms with Crippen molar-refractivity contribution in [3.05, 3.63) is 53.5 Å². The number of alkyl halides is 3. The first-order valence-electron chi connectivity index (χ1n) is 10.0. The Hall–Kier alpha value is -2.98. The molecule has 0 radical (unpaired) electrons. The lowest BCUT2D eigenvalue weighted by Crippen LogP contribution is -2.38. The van der Waals surface area contributed by atoms with Crippen LogP contribution in [0.2, 0.25) is 0 Å². The van der Waals surface area contributed by atoms with Gasteiger partial charge in [-0.15, -0.1) is 4.68 Å². The summed E-state index contributed by atoms with van der Waals surface area (Å²) in [6.45, 7) is 7.00. The Morgan fingerprint density at radius 1 is 1.16 bits per heavy atom. The maximum absolute atomic E-state index is 12.9. The van der Waals surface area contributed by atoms with Gasteiger partial charge < -0.3 is 15.5 Å². The van der Waals surface area contributed by atoms with Gasteiger partial charge in [-0.2, -0.15) is 18.3 Å². The summed E-state index contributed by atoms with van der Waals surface area (Å²) >= 11 is 0. The smallest absolute Gasteiger partial charge is 0.390 e. The molecule has 1 amide bonds. The van der Waals surface area contributed by atoms with E-state index < -0.39 is 34.7 Å². The molecule has 4 N–H and O–H groups in total. The summed E-state index contributed by atoms with van der Waals surface area (Å²) in [7, 11) is 0. The van der Waals surface area contributed by atoms with Crippen molar-refractivity contribution in [3.63, 3.8) is 0 Å². The maximum Gasteiger partial charge on any atom is 0.433 e. The van der Waals surface area contributed by atoms with E-state index in [0.29, 0.717) is 29.4 Å². The van der Waals surface area contributed by atoms with Crippen LogP contribution in [0, 0.1) is 0 Å². The molecule has 3 rings (SSSR count). The number of hydrogen-bond donors (Lipinski definition) is 4. The monoisotopic (exact) mass is 451 g/mol. The number of rotatable bonds is 6. The highest BCUT2D eigenvalue weighted by molar-refractivity contribution is 6.04. The van der Waals surface area contributed by atoms with E-state index >= 15 is 0 Å². The van der Waals surface area contributed by atoms with E-state index in [0.717, 1.165) is 12.1 Å². The predicted molar refractivity (Wildman–Crippen MR) is 112 cm³/mol. The van der Waals surface area contributed by atoms with Gasteiger partial charge >= 0.3 is 6.18 Å². The molecular formula is C22H26F3N4O3+. The minimum Gasteiger partial charge on any atom is -0.390 e. The number of fused-ring (bicyclic) bond motifs is 1. The van der Waals surface area contributed by atoms with E-state index in [1.807, 2.05) is 0 Å². The van der Waals surface area contributed by atoms with Gasteiger partial charge in [0.05, 0.1) is 16.6 Å². The third kappa shape index (κ3) is 5.63. The highest BCUT2D eigenvalue weighted by atomic mass is 19.4. The van der Waals surface area contributed by atoms with Crippen molar-refractivity contribution in [1.82, 2.24) is 10.1 Å². The number of halogens is 3. The molecule has 2 heterocycles. The number of aromatic nitrogens is 3. The summed E-state index contributed by atoms with van der Waals surface area (Å²) in [5, 5.41) is 27.0. The van der Waals surface area contributed by atoms with E-state index in [1.165, 1.54) is 19.9 Å². The number of aryl methyl sites for hydroxylation is 1. The number of H-pyrrole nitrogens is 1. The highest BCUT2D eigenvalue weighted by Gasteiger charge is 2.33. The van der Waals surface area contributed by atoms with E-state index in [1.54, 1.807) is 36.9 Å². The first-order valence-corrected chi connectivity index (χ1v) is 10.0.